The summed E-state index contributed by atoms with van der Waals surface area (Å²) in [6.07, 6.45) is 0.0555. The van der Waals surface area contributed by atoms with Crippen LogP contribution >= 0.6 is 23.2 Å². The van der Waals surface area contributed by atoms with Gasteiger partial charge in [-0.05, 0) is 31.2 Å². The molecule has 0 unspecified atom stereocenters. The SMILES string of the molecule is CCn1c(Cc2ccc(C#N)c(F)n2)cc(=O)c(C(=O)O)c1-c1ccc(Cl)c(Cl)c1. The highest BCUT2D eigenvalue weighted by Crippen LogP contribution is 2.31. The molecule has 0 saturated heterocycles. The first-order valence-electron chi connectivity index (χ1n) is 8.77. The van der Waals surface area contributed by atoms with Crippen molar-refractivity contribution >= 4 is 29.2 Å². The van der Waals surface area contributed by atoms with Crippen molar-refractivity contribution in [3.63, 3.8) is 0 Å². The fraction of sp³-hybridized carbons (Fsp3) is 0.143. The number of carbonyl (C=O) groups is 1. The molecule has 2 aromatic heterocycles. The maximum Gasteiger partial charge on any atom is 0.341 e. The number of aromatic nitrogens is 2. The normalized spacial score (nSPS) is 10.6. The summed E-state index contributed by atoms with van der Waals surface area (Å²) < 4.78 is 15.5. The van der Waals surface area contributed by atoms with Gasteiger partial charge in [0.25, 0.3) is 0 Å². The van der Waals surface area contributed by atoms with Gasteiger partial charge in [0.05, 0.1) is 15.7 Å². The summed E-state index contributed by atoms with van der Waals surface area (Å²) >= 11 is 12.1. The van der Waals surface area contributed by atoms with Crippen LogP contribution < -0.4 is 5.43 Å². The summed E-state index contributed by atoms with van der Waals surface area (Å²) in [7, 11) is 0. The van der Waals surface area contributed by atoms with Crippen LogP contribution in [0.15, 0.2) is 41.2 Å². The van der Waals surface area contributed by atoms with Gasteiger partial charge < -0.3 is 9.67 Å². The number of hydrogen-bond donors (Lipinski definition) is 1. The van der Waals surface area contributed by atoms with Crippen LogP contribution in [0.3, 0.4) is 0 Å². The standard InChI is InChI=1S/C21H14Cl2FN3O3/c1-2-27-14(8-13-5-3-12(10-25)20(24)26-13)9-17(28)18(21(29)30)19(27)11-4-6-15(22)16(23)7-11/h3-7,9H,2,8H2,1H3,(H,29,30). The molecule has 1 N–H and O–H groups in total. The smallest absolute Gasteiger partial charge is 0.341 e. The Hall–Kier alpha value is -3.21. The van der Waals surface area contributed by atoms with E-state index in [2.05, 4.69) is 4.98 Å². The van der Waals surface area contributed by atoms with Gasteiger partial charge in [-0.2, -0.15) is 9.65 Å². The molecule has 0 aliphatic heterocycles. The van der Waals surface area contributed by atoms with Crippen molar-refractivity contribution in [2.45, 2.75) is 19.9 Å². The van der Waals surface area contributed by atoms with Crippen LogP contribution in [0.1, 0.15) is 34.2 Å². The van der Waals surface area contributed by atoms with E-state index in [1.54, 1.807) is 23.6 Å². The molecule has 0 amide bonds. The number of pyridine rings is 2. The Morgan fingerprint density at radius 3 is 2.53 bits per heavy atom. The van der Waals surface area contributed by atoms with Gasteiger partial charge in [0, 0.05) is 36.0 Å². The van der Waals surface area contributed by atoms with Crippen molar-refractivity contribution in [3.8, 4) is 17.3 Å². The molecule has 9 heteroatoms. The van der Waals surface area contributed by atoms with Crippen molar-refractivity contribution in [3.05, 3.63) is 85.1 Å². The number of aromatic carboxylic acids is 1. The topological polar surface area (TPSA) is 96.0 Å². The first kappa shape index (κ1) is 21.5. The van der Waals surface area contributed by atoms with Crippen molar-refractivity contribution in [1.29, 1.82) is 5.26 Å². The molecule has 3 aromatic rings. The number of halogens is 3. The number of carboxylic acid groups (broad SMARTS) is 1. The van der Waals surface area contributed by atoms with Crippen molar-refractivity contribution in [2.75, 3.05) is 0 Å². The molecule has 0 saturated carbocycles. The van der Waals surface area contributed by atoms with E-state index >= 15 is 0 Å². The fourth-order valence-corrected chi connectivity index (χ4v) is 3.49. The number of carboxylic acids is 1. The van der Waals surface area contributed by atoms with Gasteiger partial charge >= 0.3 is 5.97 Å². The van der Waals surface area contributed by atoms with Crippen LogP contribution in [0.5, 0.6) is 0 Å². The molecule has 0 aliphatic carbocycles. The Morgan fingerprint density at radius 1 is 1.23 bits per heavy atom. The van der Waals surface area contributed by atoms with Gasteiger partial charge in [-0.1, -0.05) is 29.3 Å². The lowest BCUT2D eigenvalue weighted by Gasteiger charge is -2.20. The number of benzene rings is 1. The molecule has 0 aliphatic rings. The summed E-state index contributed by atoms with van der Waals surface area (Å²) in [6.45, 7) is 2.11. The molecule has 0 radical (unpaired) electrons. The Balaban J connectivity index is 2.25. The van der Waals surface area contributed by atoms with E-state index in [-0.39, 0.29) is 33.4 Å². The monoisotopic (exact) mass is 445 g/mol. The van der Waals surface area contributed by atoms with Gasteiger partial charge in [0.15, 0.2) is 5.43 Å². The first-order chi connectivity index (χ1) is 14.3. The minimum atomic E-state index is -1.38. The third-order valence-corrected chi connectivity index (χ3v) is 5.25. The average Bonchev–Trinajstić information content (AvgIpc) is 2.69. The Morgan fingerprint density at radius 2 is 1.97 bits per heavy atom. The average molecular weight is 446 g/mol. The molecule has 1 aromatic carbocycles. The molecule has 152 valence electrons. The number of nitrogens with zero attached hydrogens (tertiary/aromatic N) is 3. The second-order valence-electron chi connectivity index (χ2n) is 6.33. The van der Waals surface area contributed by atoms with Crippen molar-refractivity contribution in [1.82, 2.24) is 9.55 Å². The van der Waals surface area contributed by atoms with E-state index < -0.39 is 22.9 Å². The minimum Gasteiger partial charge on any atom is -0.477 e. The van der Waals surface area contributed by atoms with Crippen molar-refractivity contribution < 1.29 is 14.3 Å². The van der Waals surface area contributed by atoms with Crippen LogP contribution in [-0.2, 0) is 13.0 Å². The van der Waals surface area contributed by atoms with Crippen molar-refractivity contribution in [2.24, 2.45) is 0 Å². The lowest BCUT2D eigenvalue weighted by atomic mass is 10.0. The van der Waals surface area contributed by atoms with Gasteiger partial charge in [-0.25, -0.2) is 9.78 Å². The van der Waals surface area contributed by atoms with E-state index in [0.717, 1.165) is 0 Å². The highest BCUT2D eigenvalue weighted by Gasteiger charge is 2.22. The maximum absolute atomic E-state index is 13.9. The maximum atomic E-state index is 13.9. The third-order valence-electron chi connectivity index (χ3n) is 4.51. The quantitative estimate of drug-likeness (QED) is 0.581. The molecule has 6 nitrogen and oxygen atoms in total. The second-order valence-corrected chi connectivity index (χ2v) is 7.15. The van der Waals surface area contributed by atoms with E-state index in [1.807, 2.05) is 0 Å². The predicted octanol–water partition coefficient (Wildman–Crippen LogP) is 4.54. The summed E-state index contributed by atoms with van der Waals surface area (Å²) in [5.74, 6) is -2.29. The predicted molar refractivity (Wildman–Crippen MR) is 111 cm³/mol. The van der Waals surface area contributed by atoms with E-state index in [1.165, 1.54) is 30.3 Å². The molecule has 30 heavy (non-hydrogen) atoms. The zero-order valence-corrected chi connectivity index (χ0v) is 17.1. The molecule has 3 rings (SSSR count). The molecular formula is C21H14Cl2FN3O3. The van der Waals surface area contributed by atoms with E-state index in [9.17, 15) is 19.1 Å². The molecule has 0 atom stereocenters. The van der Waals surface area contributed by atoms with E-state index in [0.29, 0.717) is 17.8 Å². The summed E-state index contributed by atoms with van der Waals surface area (Å²) in [4.78, 5) is 28.3. The molecule has 2 heterocycles. The summed E-state index contributed by atoms with van der Waals surface area (Å²) in [6, 6.07) is 10.3. The molecular weight excluding hydrogens is 432 g/mol. The zero-order valence-electron chi connectivity index (χ0n) is 15.6. The second kappa shape index (κ2) is 8.66. The lowest BCUT2D eigenvalue weighted by Crippen LogP contribution is -2.23. The highest BCUT2D eigenvalue weighted by atomic mass is 35.5. The van der Waals surface area contributed by atoms with E-state index in [4.69, 9.17) is 28.5 Å². The fourth-order valence-electron chi connectivity index (χ4n) is 3.19. The van der Waals surface area contributed by atoms with Crippen LogP contribution in [-0.4, -0.2) is 20.6 Å². The van der Waals surface area contributed by atoms with Gasteiger partial charge in [-0.3, -0.25) is 4.79 Å². The van der Waals surface area contributed by atoms with Crippen LogP contribution in [0.25, 0.3) is 11.3 Å². The number of nitriles is 1. The summed E-state index contributed by atoms with van der Waals surface area (Å²) in [5, 5.41) is 19.0. The number of hydrogen-bond acceptors (Lipinski definition) is 4. The van der Waals surface area contributed by atoms with Gasteiger partial charge in [-0.15, -0.1) is 0 Å². The Kier molecular flexibility index (Phi) is 6.20. The first-order valence-corrected chi connectivity index (χ1v) is 9.53. The lowest BCUT2D eigenvalue weighted by molar-refractivity contribution is 0.0695. The van der Waals surface area contributed by atoms with Crippen LogP contribution in [0.2, 0.25) is 10.0 Å². The Labute approximate surface area is 180 Å². The van der Waals surface area contributed by atoms with Gasteiger partial charge in [0.2, 0.25) is 5.95 Å². The van der Waals surface area contributed by atoms with Crippen LogP contribution in [0.4, 0.5) is 4.39 Å². The minimum absolute atomic E-state index is 0.0555. The van der Waals surface area contributed by atoms with Crippen LogP contribution in [0, 0.1) is 17.3 Å². The molecule has 0 bridgehead atoms. The Bertz CT molecular complexity index is 1270. The highest BCUT2D eigenvalue weighted by molar-refractivity contribution is 6.42. The largest absolute Gasteiger partial charge is 0.477 e. The van der Waals surface area contributed by atoms with Gasteiger partial charge in [0.1, 0.15) is 17.2 Å². The molecule has 0 fully saturated rings. The number of rotatable bonds is 5. The zero-order chi connectivity index (χ0) is 22.0. The third kappa shape index (κ3) is 4.06. The molecule has 0 spiro atoms. The summed E-state index contributed by atoms with van der Waals surface area (Å²) in [5.41, 5.74) is 0.00268.